The molecular formula is C19H32Cl3N7O6. The monoisotopic (exact) mass is 559 g/mol. The summed E-state index contributed by atoms with van der Waals surface area (Å²) < 4.78 is 8.56. The van der Waals surface area contributed by atoms with Crippen LogP contribution in [0.4, 0.5) is 0 Å². The van der Waals surface area contributed by atoms with Crippen LogP contribution >= 0.6 is 34.8 Å². The molecule has 0 bridgehead atoms. The van der Waals surface area contributed by atoms with E-state index in [9.17, 15) is 19.5 Å². The van der Waals surface area contributed by atoms with Crippen LogP contribution in [0.1, 0.15) is 47.0 Å². The van der Waals surface area contributed by atoms with Crippen molar-refractivity contribution in [3.05, 3.63) is 10.4 Å². The van der Waals surface area contributed by atoms with Gasteiger partial charge in [-0.1, -0.05) is 39.9 Å². The first kappa shape index (κ1) is 31.5. The lowest BCUT2D eigenvalue weighted by Crippen LogP contribution is -2.61. The second kappa shape index (κ2) is 14.2. The Morgan fingerprint density at radius 2 is 1.97 bits per heavy atom. The van der Waals surface area contributed by atoms with Crippen molar-refractivity contribution in [2.75, 3.05) is 19.7 Å². The highest BCUT2D eigenvalue weighted by atomic mass is 35.6. The van der Waals surface area contributed by atoms with Crippen LogP contribution in [-0.4, -0.2) is 81.5 Å². The number of nitrogens with one attached hydrogen (secondary N) is 3. The molecule has 1 rings (SSSR count). The topological polar surface area (TPSA) is 178 Å². The molecule has 2 amide bonds. The number of rotatable bonds is 11. The number of hydrogen-bond acceptors (Lipinski definition) is 9. The molecule has 4 N–H and O–H groups in total. The number of carbonyl (C=O) groups is 3. The first-order chi connectivity index (χ1) is 16.1. The minimum atomic E-state index is -1.76. The number of azide groups is 1. The normalized spacial score (nSPS) is 19.2. The van der Waals surface area contributed by atoms with E-state index in [4.69, 9.17) is 49.8 Å². The molecule has 0 radical (unpaired) electrons. The molecule has 35 heavy (non-hydrogen) atoms. The minimum Gasteiger partial charge on any atom is -0.460 e. The molecule has 4 atom stereocenters. The maximum absolute atomic E-state index is 12.9. The standard InChI is InChI=1S/C19H32Cl3N7O6/c1-11(15(31)29-9-5-6-13(27-29)16(32)34-10-19(20,21)22)25-14(30)12(7-8-24-28-23)26-17(33)35-18(2,3)4/h11-13,17,26-27,33H,5-10H2,1-4H3,(H,25,30)/t11-,12-,13-,17?/m0/s1. The van der Waals surface area contributed by atoms with Crippen molar-refractivity contribution < 1.29 is 29.0 Å². The highest BCUT2D eigenvalue weighted by Gasteiger charge is 2.34. The van der Waals surface area contributed by atoms with Crippen molar-refractivity contribution in [2.24, 2.45) is 5.11 Å². The lowest BCUT2D eigenvalue weighted by atomic mass is 10.1. The molecule has 0 aromatic heterocycles. The molecule has 16 heteroatoms. The van der Waals surface area contributed by atoms with Crippen LogP contribution in [0.5, 0.6) is 0 Å². The molecule has 0 aromatic rings. The quantitative estimate of drug-likeness (QED) is 0.0735. The third kappa shape index (κ3) is 12.8. The summed E-state index contributed by atoms with van der Waals surface area (Å²) >= 11 is 16.8. The van der Waals surface area contributed by atoms with Crippen LogP contribution in [-0.2, 0) is 23.9 Å². The molecule has 1 heterocycles. The zero-order valence-electron chi connectivity index (χ0n) is 20.0. The van der Waals surface area contributed by atoms with Gasteiger partial charge in [0.2, 0.25) is 16.1 Å². The summed E-state index contributed by atoms with van der Waals surface area (Å²) in [6.07, 6.45) is -0.536. The summed E-state index contributed by atoms with van der Waals surface area (Å²) in [5.74, 6) is -1.80. The Balaban J connectivity index is 2.74. The van der Waals surface area contributed by atoms with E-state index >= 15 is 0 Å². The van der Waals surface area contributed by atoms with Gasteiger partial charge in [-0.15, -0.1) is 0 Å². The summed E-state index contributed by atoms with van der Waals surface area (Å²) in [5.41, 5.74) is 10.6. The zero-order chi connectivity index (χ0) is 26.8. The van der Waals surface area contributed by atoms with E-state index in [0.717, 1.165) is 0 Å². The SMILES string of the molecule is C[C@H](NC(=O)[C@H](CCN=[N+]=[N-])NC(O)OC(C)(C)C)C(=O)N1CCC[C@@H](C(=O)OCC(Cl)(Cl)Cl)N1. The van der Waals surface area contributed by atoms with E-state index in [1.165, 1.54) is 11.9 Å². The Kier molecular flexibility index (Phi) is 12.8. The maximum Gasteiger partial charge on any atom is 0.325 e. The molecule has 1 fully saturated rings. The number of halogens is 3. The van der Waals surface area contributed by atoms with Gasteiger partial charge in [0, 0.05) is 18.0 Å². The number of ether oxygens (including phenoxy) is 2. The number of esters is 1. The number of aliphatic hydroxyl groups is 1. The summed E-state index contributed by atoms with van der Waals surface area (Å²) in [6.45, 7) is 6.46. The average molecular weight is 561 g/mol. The van der Waals surface area contributed by atoms with Crippen molar-refractivity contribution in [3.63, 3.8) is 0 Å². The number of carbonyl (C=O) groups excluding carboxylic acids is 3. The van der Waals surface area contributed by atoms with Crippen molar-refractivity contribution in [3.8, 4) is 0 Å². The fraction of sp³-hybridized carbons (Fsp3) is 0.842. The Morgan fingerprint density at radius 1 is 1.31 bits per heavy atom. The maximum atomic E-state index is 12.9. The van der Waals surface area contributed by atoms with Crippen LogP contribution in [0.15, 0.2) is 5.11 Å². The summed E-state index contributed by atoms with van der Waals surface area (Å²) in [6, 6.07) is -2.84. The molecule has 13 nitrogen and oxygen atoms in total. The lowest BCUT2D eigenvalue weighted by molar-refractivity contribution is -0.187. The molecule has 1 aliphatic heterocycles. The van der Waals surface area contributed by atoms with Crippen LogP contribution in [0.25, 0.3) is 10.4 Å². The number of aliphatic hydroxyl groups excluding tert-OH is 1. The summed E-state index contributed by atoms with van der Waals surface area (Å²) in [5, 5.41) is 19.9. The van der Waals surface area contributed by atoms with Gasteiger partial charge in [-0.25, -0.2) is 5.43 Å². The van der Waals surface area contributed by atoms with Gasteiger partial charge in [0.05, 0.1) is 11.6 Å². The fourth-order valence-electron chi connectivity index (χ4n) is 3.04. The predicted molar refractivity (Wildman–Crippen MR) is 129 cm³/mol. The van der Waals surface area contributed by atoms with E-state index in [2.05, 4.69) is 26.1 Å². The van der Waals surface area contributed by atoms with Crippen LogP contribution in [0.3, 0.4) is 0 Å². The molecule has 0 spiro atoms. The molecule has 0 saturated carbocycles. The van der Waals surface area contributed by atoms with Crippen molar-refractivity contribution in [1.82, 2.24) is 21.1 Å². The first-order valence-electron chi connectivity index (χ1n) is 10.9. The zero-order valence-corrected chi connectivity index (χ0v) is 22.2. The summed E-state index contributed by atoms with van der Waals surface area (Å²) in [4.78, 5) is 40.6. The van der Waals surface area contributed by atoms with Crippen molar-refractivity contribution in [2.45, 2.75) is 80.9 Å². The highest BCUT2D eigenvalue weighted by Crippen LogP contribution is 2.26. The predicted octanol–water partition coefficient (Wildman–Crippen LogP) is 1.65. The molecule has 0 aliphatic carbocycles. The Labute approximate surface area is 218 Å². The Bertz CT molecular complexity index is 786. The number of amides is 2. The molecule has 1 saturated heterocycles. The molecule has 1 aliphatic rings. The van der Waals surface area contributed by atoms with Gasteiger partial charge < -0.3 is 19.9 Å². The summed E-state index contributed by atoms with van der Waals surface area (Å²) in [7, 11) is 0. The van der Waals surface area contributed by atoms with Gasteiger partial charge in [-0.3, -0.25) is 24.7 Å². The fourth-order valence-corrected chi connectivity index (χ4v) is 3.20. The van der Waals surface area contributed by atoms with Gasteiger partial charge in [0.1, 0.15) is 18.7 Å². The lowest BCUT2D eigenvalue weighted by Gasteiger charge is -2.34. The van der Waals surface area contributed by atoms with Gasteiger partial charge in [-0.05, 0) is 52.5 Å². The average Bonchev–Trinajstić information content (AvgIpc) is 2.74. The van der Waals surface area contributed by atoms with E-state index in [1.54, 1.807) is 20.8 Å². The van der Waals surface area contributed by atoms with E-state index in [1.807, 2.05) is 0 Å². The second-order valence-electron chi connectivity index (χ2n) is 8.81. The van der Waals surface area contributed by atoms with Gasteiger partial charge in [0.25, 0.3) is 5.91 Å². The molecule has 1 unspecified atom stereocenters. The van der Waals surface area contributed by atoms with Gasteiger partial charge in [0.15, 0.2) is 0 Å². The largest absolute Gasteiger partial charge is 0.460 e. The van der Waals surface area contributed by atoms with Crippen LogP contribution < -0.4 is 16.1 Å². The van der Waals surface area contributed by atoms with E-state index in [-0.39, 0.29) is 13.0 Å². The van der Waals surface area contributed by atoms with Crippen LogP contribution in [0.2, 0.25) is 0 Å². The number of nitrogens with zero attached hydrogens (tertiary/aromatic N) is 4. The van der Waals surface area contributed by atoms with E-state index < -0.39 is 58.3 Å². The minimum absolute atomic E-state index is 0.0299. The van der Waals surface area contributed by atoms with Gasteiger partial charge >= 0.3 is 5.97 Å². The Hall–Kier alpha value is -1.57. The van der Waals surface area contributed by atoms with Crippen molar-refractivity contribution >= 4 is 52.6 Å². The second-order valence-corrected chi connectivity index (χ2v) is 11.3. The number of hydrogen-bond donors (Lipinski definition) is 4. The van der Waals surface area contributed by atoms with Gasteiger partial charge in [-0.2, -0.15) is 0 Å². The Morgan fingerprint density at radius 3 is 2.54 bits per heavy atom. The van der Waals surface area contributed by atoms with Crippen LogP contribution in [0, 0.1) is 0 Å². The third-order valence-corrected chi connectivity index (χ3v) is 4.88. The van der Waals surface area contributed by atoms with E-state index in [0.29, 0.717) is 19.4 Å². The smallest absolute Gasteiger partial charge is 0.325 e. The molecule has 0 aromatic carbocycles. The molecular weight excluding hydrogens is 529 g/mol. The number of alkyl halides is 3. The van der Waals surface area contributed by atoms with Crippen molar-refractivity contribution in [1.29, 1.82) is 0 Å². The number of hydrazine groups is 1. The molecule has 200 valence electrons. The third-order valence-electron chi connectivity index (χ3n) is 4.55. The highest BCUT2D eigenvalue weighted by molar-refractivity contribution is 6.67. The first-order valence-corrected chi connectivity index (χ1v) is 12.0.